The molecule has 0 aromatic heterocycles. The molecule has 4 rings (SSSR count). The van der Waals surface area contributed by atoms with Gasteiger partial charge in [-0.3, -0.25) is 4.79 Å². The van der Waals surface area contributed by atoms with E-state index in [1.54, 1.807) is 23.1 Å². The Labute approximate surface area is 242 Å². The number of carbonyl (C=O) groups is 2. The van der Waals surface area contributed by atoms with Crippen molar-refractivity contribution >= 4 is 40.8 Å². The first-order valence-electron chi connectivity index (χ1n) is 13.3. The lowest BCUT2D eigenvalue weighted by atomic mass is 9.94. The lowest BCUT2D eigenvalue weighted by molar-refractivity contribution is -0.138. The Kier molecular flexibility index (Phi) is 9.42. The lowest BCUT2D eigenvalue weighted by Gasteiger charge is -2.40. The number of anilines is 1. The summed E-state index contributed by atoms with van der Waals surface area (Å²) in [6.45, 7) is 6.31. The fourth-order valence-electron chi connectivity index (χ4n) is 5.34. The van der Waals surface area contributed by atoms with Gasteiger partial charge in [0.1, 0.15) is 6.04 Å². The summed E-state index contributed by atoms with van der Waals surface area (Å²) < 4.78 is 40.5. The van der Waals surface area contributed by atoms with Crippen LogP contribution in [0.15, 0.2) is 36.4 Å². The molecule has 3 amide bonds. The van der Waals surface area contributed by atoms with Gasteiger partial charge in [0, 0.05) is 67.5 Å². The highest BCUT2D eigenvalue weighted by molar-refractivity contribution is 6.35. The molecule has 40 heavy (non-hydrogen) atoms. The van der Waals surface area contributed by atoms with Crippen LogP contribution in [0.4, 0.5) is 23.7 Å². The Bertz CT molecular complexity index is 1230. The van der Waals surface area contributed by atoms with Crippen molar-refractivity contribution in [2.75, 3.05) is 44.2 Å². The molecular weight excluding hydrogens is 566 g/mol. The van der Waals surface area contributed by atoms with Crippen molar-refractivity contribution in [3.8, 4) is 0 Å². The van der Waals surface area contributed by atoms with Crippen molar-refractivity contribution in [2.24, 2.45) is 11.7 Å². The molecule has 0 saturated carbocycles. The molecule has 2 aromatic rings. The van der Waals surface area contributed by atoms with Crippen molar-refractivity contribution < 1.29 is 22.8 Å². The van der Waals surface area contributed by atoms with Crippen molar-refractivity contribution in [1.82, 2.24) is 15.1 Å². The number of benzene rings is 2. The maximum atomic E-state index is 13.8. The summed E-state index contributed by atoms with van der Waals surface area (Å²) in [6.07, 6.45) is -3.70. The molecule has 3 N–H and O–H groups in total. The molecule has 2 aliphatic heterocycles. The number of urea groups is 1. The number of carbonyl (C=O) groups excluding carboxylic acids is 2. The Morgan fingerprint density at radius 1 is 1.05 bits per heavy atom. The molecular formula is C28H34Cl2F3N5O2. The van der Waals surface area contributed by atoms with E-state index in [4.69, 9.17) is 28.9 Å². The third-order valence-electron chi connectivity index (χ3n) is 7.39. The van der Waals surface area contributed by atoms with E-state index in [0.717, 1.165) is 12.1 Å². The van der Waals surface area contributed by atoms with E-state index >= 15 is 0 Å². The van der Waals surface area contributed by atoms with Crippen LogP contribution in [0.25, 0.3) is 0 Å². The number of rotatable bonds is 8. The van der Waals surface area contributed by atoms with Gasteiger partial charge in [-0.15, -0.1) is 0 Å². The minimum Gasteiger partial charge on any atom is -0.368 e. The highest BCUT2D eigenvalue weighted by atomic mass is 35.5. The Balaban J connectivity index is 1.53. The number of hydrogen-bond acceptors (Lipinski definition) is 4. The molecule has 2 atom stereocenters. The standard InChI is InChI=1S/C28H34Cl2F3N5O2/c1-17(2)13-23(34)21-15-19(28(31,32)33)4-6-24(21)36-9-11-37(12-10-36)26(39)25(38-8-7-35-27(38)40)14-18-3-5-20(29)16-22(18)30/h3-6,15-17,23,25H,7-14,34H2,1-2H3,(H,35,40). The van der Waals surface area contributed by atoms with Crippen LogP contribution in [0.3, 0.4) is 0 Å². The molecule has 2 fully saturated rings. The van der Waals surface area contributed by atoms with Gasteiger partial charge in [-0.2, -0.15) is 13.2 Å². The third kappa shape index (κ3) is 6.95. The molecule has 2 aromatic carbocycles. The van der Waals surface area contributed by atoms with E-state index in [9.17, 15) is 22.8 Å². The Morgan fingerprint density at radius 3 is 2.33 bits per heavy atom. The molecule has 218 valence electrons. The molecule has 0 radical (unpaired) electrons. The average Bonchev–Trinajstić information content (AvgIpc) is 3.32. The highest BCUT2D eigenvalue weighted by Crippen LogP contribution is 2.36. The second-order valence-corrected chi connectivity index (χ2v) is 11.5. The summed E-state index contributed by atoms with van der Waals surface area (Å²) in [5, 5.41) is 3.65. The number of nitrogens with one attached hydrogen (secondary N) is 1. The van der Waals surface area contributed by atoms with Crippen molar-refractivity contribution in [3.05, 3.63) is 63.1 Å². The molecule has 2 saturated heterocycles. The minimum absolute atomic E-state index is 0.202. The monoisotopic (exact) mass is 599 g/mol. The van der Waals surface area contributed by atoms with Crippen molar-refractivity contribution in [2.45, 2.75) is 44.9 Å². The zero-order chi connectivity index (χ0) is 29.2. The SMILES string of the molecule is CC(C)CC(N)c1cc(C(F)(F)F)ccc1N1CCN(C(=O)C(Cc2ccc(Cl)cc2Cl)N2CCNC2=O)CC1. The number of hydrogen-bond donors (Lipinski definition) is 2. The van der Waals surface area contributed by atoms with Crippen LogP contribution in [0.1, 0.15) is 43.0 Å². The summed E-state index contributed by atoms with van der Waals surface area (Å²) in [4.78, 5) is 31.5. The van der Waals surface area contributed by atoms with E-state index in [0.29, 0.717) is 72.5 Å². The minimum atomic E-state index is -4.47. The first kappa shape index (κ1) is 30.3. The normalized spacial score (nSPS) is 17.8. The van der Waals surface area contributed by atoms with Gasteiger partial charge in [-0.25, -0.2) is 4.79 Å². The first-order chi connectivity index (χ1) is 18.8. The number of alkyl halides is 3. The molecule has 7 nitrogen and oxygen atoms in total. The summed E-state index contributed by atoms with van der Waals surface area (Å²) in [6, 6.07) is 7.14. The fourth-order valence-corrected chi connectivity index (χ4v) is 5.82. The Hall–Kier alpha value is -2.69. The van der Waals surface area contributed by atoms with E-state index in [2.05, 4.69) is 5.32 Å². The van der Waals surface area contributed by atoms with Crippen LogP contribution >= 0.6 is 23.2 Å². The lowest BCUT2D eigenvalue weighted by Crippen LogP contribution is -2.56. The summed E-state index contributed by atoms with van der Waals surface area (Å²) in [5.74, 6) is 0.00703. The first-order valence-corrected chi connectivity index (χ1v) is 14.1. The van der Waals surface area contributed by atoms with E-state index in [1.807, 2.05) is 18.7 Å². The van der Waals surface area contributed by atoms with Crippen LogP contribution in [0.5, 0.6) is 0 Å². The van der Waals surface area contributed by atoms with E-state index in [-0.39, 0.29) is 24.3 Å². The summed E-state index contributed by atoms with van der Waals surface area (Å²) in [7, 11) is 0. The molecule has 12 heteroatoms. The average molecular weight is 601 g/mol. The van der Waals surface area contributed by atoms with Gasteiger partial charge in [0.25, 0.3) is 0 Å². The maximum absolute atomic E-state index is 13.8. The van der Waals surface area contributed by atoms with E-state index < -0.39 is 23.8 Å². The van der Waals surface area contributed by atoms with Crippen LogP contribution in [-0.4, -0.2) is 67.0 Å². The second-order valence-electron chi connectivity index (χ2n) is 10.7. The molecule has 2 aliphatic rings. The van der Waals surface area contributed by atoms with Crippen LogP contribution in [-0.2, 0) is 17.4 Å². The topological polar surface area (TPSA) is 81.9 Å². The number of nitrogens with two attached hydrogens (primary N) is 1. The van der Waals surface area contributed by atoms with Crippen LogP contribution < -0.4 is 16.0 Å². The number of nitrogens with zero attached hydrogens (tertiary/aromatic N) is 3. The zero-order valence-corrected chi connectivity index (χ0v) is 24.0. The Morgan fingerprint density at radius 2 is 1.75 bits per heavy atom. The second kappa shape index (κ2) is 12.4. The molecule has 0 aliphatic carbocycles. The van der Waals surface area contributed by atoms with Gasteiger partial charge < -0.3 is 25.8 Å². The number of amides is 3. The third-order valence-corrected chi connectivity index (χ3v) is 7.98. The van der Waals surface area contributed by atoms with Gasteiger partial charge in [-0.05, 0) is 53.8 Å². The predicted octanol–water partition coefficient (Wildman–Crippen LogP) is 5.34. The van der Waals surface area contributed by atoms with Crippen LogP contribution in [0, 0.1) is 5.92 Å². The molecule has 0 spiro atoms. The van der Waals surface area contributed by atoms with Gasteiger partial charge in [0.15, 0.2) is 0 Å². The summed E-state index contributed by atoms with van der Waals surface area (Å²) in [5.41, 5.74) is 7.46. The van der Waals surface area contributed by atoms with Gasteiger partial charge in [0.2, 0.25) is 5.91 Å². The molecule has 2 heterocycles. The van der Waals surface area contributed by atoms with Gasteiger partial charge >= 0.3 is 12.2 Å². The highest BCUT2D eigenvalue weighted by Gasteiger charge is 2.37. The summed E-state index contributed by atoms with van der Waals surface area (Å²) >= 11 is 12.4. The van der Waals surface area contributed by atoms with E-state index in [1.165, 1.54) is 11.0 Å². The van der Waals surface area contributed by atoms with Crippen molar-refractivity contribution in [3.63, 3.8) is 0 Å². The zero-order valence-electron chi connectivity index (χ0n) is 22.5. The number of piperazine rings is 1. The smallest absolute Gasteiger partial charge is 0.368 e. The number of halogens is 5. The van der Waals surface area contributed by atoms with Crippen LogP contribution in [0.2, 0.25) is 10.0 Å². The predicted molar refractivity (Wildman–Crippen MR) is 151 cm³/mol. The maximum Gasteiger partial charge on any atom is 0.416 e. The van der Waals surface area contributed by atoms with Gasteiger partial charge in [-0.1, -0.05) is 43.1 Å². The molecule has 0 bridgehead atoms. The van der Waals surface area contributed by atoms with Gasteiger partial charge in [0.05, 0.1) is 5.56 Å². The quantitative estimate of drug-likeness (QED) is 0.429. The van der Waals surface area contributed by atoms with Crippen molar-refractivity contribution in [1.29, 1.82) is 0 Å². The largest absolute Gasteiger partial charge is 0.416 e. The molecule has 2 unspecified atom stereocenters. The fraction of sp³-hybridized carbons (Fsp3) is 0.500.